The van der Waals surface area contributed by atoms with E-state index < -0.39 is 10.0 Å². The molecule has 0 spiro atoms. The second-order valence-corrected chi connectivity index (χ2v) is 7.93. The van der Waals surface area contributed by atoms with Gasteiger partial charge in [0.1, 0.15) is 4.21 Å². The van der Waals surface area contributed by atoms with Crippen LogP contribution in [0.3, 0.4) is 0 Å². The van der Waals surface area contributed by atoms with Crippen molar-refractivity contribution in [1.82, 2.24) is 4.72 Å². The topological polar surface area (TPSA) is 46.2 Å². The Hall–Kier alpha value is -0.690. The van der Waals surface area contributed by atoms with Crippen LogP contribution in [0.2, 0.25) is 0 Å². The van der Waals surface area contributed by atoms with Crippen molar-refractivity contribution >= 4 is 32.7 Å². The Kier molecular flexibility index (Phi) is 3.67. The van der Waals surface area contributed by atoms with Crippen molar-refractivity contribution in [2.24, 2.45) is 0 Å². The van der Waals surface area contributed by atoms with Crippen LogP contribution in [0.1, 0.15) is 22.7 Å². The third-order valence-electron chi connectivity index (χ3n) is 2.28. The summed E-state index contributed by atoms with van der Waals surface area (Å²) in [4.78, 5) is 2.01. The first kappa shape index (κ1) is 12.8. The minimum absolute atomic E-state index is 0.192. The molecule has 0 fully saturated rings. The fourth-order valence-electron chi connectivity index (χ4n) is 1.44. The van der Waals surface area contributed by atoms with E-state index in [2.05, 4.69) is 4.72 Å². The van der Waals surface area contributed by atoms with Crippen LogP contribution in [0.5, 0.6) is 0 Å². The second kappa shape index (κ2) is 4.89. The number of rotatable bonds is 4. The third kappa shape index (κ3) is 2.95. The van der Waals surface area contributed by atoms with Gasteiger partial charge in [-0.25, -0.2) is 13.1 Å². The van der Waals surface area contributed by atoms with Gasteiger partial charge in [-0.15, -0.1) is 22.7 Å². The Morgan fingerprint density at radius 1 is 1.29 bits per heavy atom. The zero-order valence-electron chi connectivity index (χ0n) is 9.51. The molecule has 2 aromatic rings. The standard InChI is InChI=1S/C11H13NO2S3/c1-8-5-6-11(16-8)17(13,14)12-9(2)10-4-3-7-15-10/h3-7,9,12H,1-2H3. The molecule has 6 heteroatoms. The Morgan fingerprint density at radius 2 is 2.06 bits per heavy atom. The van der Waals surface area contributed by atoms with E-state index in [4.69, 9.17) is 0 Å². The molecule has 92 valence electrons. The summed E-state index contributed by atoms with van der Waals surface area (Å²) >= 11 is 2.84. The SMILES string of the molecule is Cc1ccc(S(=O)(=O)NC(C)c2cccs2)s1. The van der Waals surface area contributed by atoms with E-state index in [1.165, 1.54) is 11.3 Å². The van der Waals surface area contributed by atoms with Gasteiger partial charge >= 0.3 is 0 Å². The minimum atomic E-state index is -3.39. The molecule has 0 radical (unpaired) electrons. The van der Waals surface area contributed by atoms with E-state index in [0.29, 0.717) is 4.21 Å². The number of hydrogen-bond donors (Lipinski definition) is 1. The van der Waals surface area contributed by atoms with Crippen molar-refractivity contribution in [3.05, 3.63) is 39.4 Å². The lowest BCUT2D eigenvalue weighted by Gasteiger charge is -2.11. The Balaban J connectivity index is 2.18. The van der Waals surface area contributed by atoms with Gasteiger partial charge in [-0.05, 0) is 37.4 Å². The van der Waals surface area contributed by atoms with Gasteiger partial charge < -0.3 is 0 Å². The predicted molar refractivity (Wildman–Crippen MR) is 72.1 cm³/mol. The summed E-state index contributed by atoms with van der Waals surface area (Å²) in [5.41, 5.74) is 0. The summed E-state index contributed by atoms with van der Waals surface area (Å²) in [6.45, 7) is 3.75. The van der Waals surface area contributed by atoms with Crippen LogP contribution in [0.4, 0.5) is 0 Å². The molecule has 0 bridgehead atoms. The van der Waals surface area contributed by atoms with Crippen LogP contribution in [0.25, 0.3) is 0 Å². The molecule has 17 heavy (non-hydrogen) atoms. The fraction of sp³-hybridized carbons (Fsp3) is 0.273. The predicted octanol–water partition coefficient (Wildman–Crippen LogP) is 3.16. The number of hydrogen-bond acceptors (Lipinski definition) is 4. The first-order valence-corrected chi connectivity index (χ1v) is 8.29. The molecule has 1 unspecified atom stereocenters. The van der Waals surface area contributed by atoms with Gasteiger partial charge in [0, 0.05) is 9.75 Å². The molecule has 1 N–H and O–H groups in total. The largest absolute Gasteiger partial charge is 0.250 e. The molecule has 0 aliphatic carbocycles. The summed E-state index contributed by atoms with van der Waals surface area (Å²) in [5, 5.41) is 1.94. The zero-order chi connectivity index (χ0) is 12.5. The summed E-state index contributed by atoms with van der Waals surface area (Å²) in [6.07, 6.45) is 0. The molecule has 0 aliphatic rings. The van der Waals surface area contributed by atoms with Crippen LogP contribution in [-0.4, -0.2) is 8.42 Å². The first-order valence-electron chi connectivity index (χ1n) is 5.11. The second-order valence-electron chi connectivity index (χ2n) is 3.72. The van der Waals surface area contributed by atoms with Crippen molar-refractivity contribution in [2.75, 3.05) is 0 Å². The molecule has 0 aliphatic heterocycles. The minimum Gasteiger partial charge on any atom is -0.206 e. The quantitative estimate of drug-likeness (QED) is 0.939. The normalized spacial score (nSPS) is 13.8. The summed E-state index contributed by atoms with van der Waals surface area (Å²) in [5.74, 6) is 0. The molecule has 0 aromatic carbocycles. The highest BCUT2D eigenvalue weighted by molar-refractivity contribution is 7.91. The summed E-state index contributed by atoms with van der Waals surface area (Å²) < 4.78 is 27.2. The van der Waals surface area contributed by atoms with E-state index in [9.17, 15) is 8.42 Å². The van der Waals surface area contributed by atoms with Gasteiger partial charge in [0.2, 0.25) is 0 Å². The lowest BCUT2D eigenvalue weighted by atomic mass is 10.3. The van der Waals surface area contributed by atoms with Crippen LogP contribution in [-0.2, 0) is 10.0 Å². The van der Waals surface area contributed by atoms with Crippen molar-refractivity contribution in [3.63, 3.8) is 0 Å². The van der Waals surface area contributed by atoms with Crippen LogP contribution < -0.4 is 4.72 Å². The van der Waals surface area contributed by atoms with Gasteiger partial charge in [0.05, 0.1) is 6.04 Å². The zero-order valence-corrected chi connectivity index (χ0v) is 12.0. The molecule has 0 saturated carbocycles. The summed E-state index contributed by atoms with van der Waals surface area (Å²) in [6, 6.07) is 7.11. The monoisotopic (exact) mass is 287 g/mol. The average molecular weight is 287 g/mol. The highest BCUT2D eigenvalue weighted by Gasteiger charge is 2.20. The maximum atomic E-state index is 12.1. The molecular formula is C11H13NO2S3. The Morgan fingerprint density at radius 3 is 2.59 bits per heavy atom. The van der Waals surface area contributed by atoms with Crippen LogP contribution in [0, 0.1) is 6.92 Å². The van der Waals surface area contributed by atoms with Gasteiger partial charge in [-0.2, -0.15) is 0 Å². The molecule has 1 atom stereocenters. The number of thiophene rings is 2. The fourth-order valence-corrected chi connectivity index (χ4v) is 4.77. The van der Waals surface area contributed by atoms with Gasteiger partial charge in [0.25, 0.3) is 10.0 Å². The van der Waals surface area contributed by atoms with Crippen molar-refractivity contribution in [2.45, 2.75) is 24.1 Å². The maximum absolute atomic E-state index is 12.1. The van der Waals surface area contributed by atoms with Crippen LogP contribution >= 0.6 is 22.7 Å². The van der Waals surface area contributed by atoms with Gasteiger partial charge in [-0.1, -0.05) is 6.07 Å². The van der Waals surface area contributed by atoms with E-state index in [1.54, 1.807) is 17.4 Å². The van der Waals surface area contributed by atoms with Crippen LogP contribution in [0.15, 0.2) is 33.9 Å². The molecule has 2 heterocycles. The highest BCUT2D eigenvalue weighted by Crippen LogP contribution is 2.24. The lowest BCUT2D eigenvalue weighted by molar-refractivity contribution is 0.570. The smallest absolute Gasteiger partial charge is 0.206 e. The van der Waals surface area contributed by atoms with Crippen molar-refractivity contribution in [3.8, 4) is 0 Å². The van der Waals surface area contributed by atoms with E-state index >= 15 is 0 Å². The number of sulfonamides is 1. The van der Waals surface area contributed by atoms with Gasteiger partial charge in [-0.3, -0.25) is 0 Å². The molecule has 2 rings (SSSR count). The molecular weight excluding hydrogens is 274 g/mol. The third-order valence-corrected chi connectivity index (χ3v) is 6.37. The summed E-state index contributed by atoms with van der Waals surface area (Å²) in [7, 11) is -3.39. The van der Waals surface area contributed by atoms with Gasteiger partial charge in [0.15, 0.2) is 0 Å². The highest BCUT2D eigenvalue weighted by atomic mass is 32.2. The van der Waals surface area contributed by atoms with E-state index in [-0.39, 0.29) is 6.04 Å². The maximum Gasteiger partial charge on any atom is 0.250 e. The average Bonchev–Trinajstić information content (AvgIpc) is 2.86. The molecule has 2 aromatic heterocycles. The van der Waals surface area contributed by atoms with Crippen molar-refractivity contribution in [1.29, 1.82) is 0 Å². The van der Waals surface area contributed by atoms with E-state index in [1.807, 2.05) is 37.4 Å². The van der Waals surface area contributed by atoms with Crippen molar-refractivity contribution < 1.29 is 8.42 Å². The Labute approximate surface area is 109 Å². The molecule has 3 nitrogen and oxygen atoms in total. The Bertz CT molecular complexity index is 584. The van der Waals surface area contributed by atoms with E-state index in [0.717, 1.165) is 9.75 Å². The number of aryl methyl sites for hydroxylation is 1. The molecule has 0 saturated heterocycles. The first-order chi connectivity index (χ1) is 7.99. The molecule has 0 amide bonds. The number of nitrogens with one attached hydrogen (secondary N) is 1. The lowest BCUT2D eigenvalue weighted by Crippen LogP contribution is -2.25.